The molecule has 26 heavy (non-hydrogen) atoms. The Morgan fingerprint density at radius 1 is 1.31 bits per heavy atom. The number of nitrogens with zero attached hydrogens (tertiary/aromatic N) is 2. The molecule has 0 aliphatic heterocycles. The van der Waals surface area contributed by atoms with Crippen LogP contribution in [0.4, 0.5) is 17.1 Å². The molecule has 0 radical (unpaired) electrons. The van der Waals surface area contributed by atoms with Crippen molar-refractivity contribution < 1.29 is 9.00 Å². The van der Waals surface area contributed by atoms with Crippen LogP contribution in [0.3, 0.4) is 0 Å². The zero-order valence-electron chi connectivity index (χ0n) is 15.7. The molecule has 0 saturated heterocycles. The summed E-state index contributed by atoms with van der Waals surface area (Å²) in [5.74, 6) is 0.312. The van der Waals surface area contributed by atoms with Crippen molar-refractivity contribution in [1.29, 1.82) is 0 Å². The van der Waals surface area contributed by atoms with Crippen molar-refractivity contribution in [3.63, 3.8) is 0 Å². The smallest absolute Gasteiger partial charge is 0.253 e. The van der Waals surface area contributed by atoms with Gasteiger partial charge in [-0.05, 0) is 30.2 Å². The number of carbonyl (C=O) groups is 1. The number of rotatable bonds is 8. The van der Waals surface area contributed by atoms with E-state index in [1.165, 1.54) is 12.5 Å². The third-order valence-corrected chi connectivity index (χ3v) is 5.55. The Morgan fingerprint density at radius 3 is 2.58 bits per heavy atom. The van der Waals surface area contributed by atoms with E-state index in [1.807, 2.05) is 11.9 Å². The van der Waals surface area contributed by atoms with Gasteiger partial charge in [0.1, 0.15) is 5.69 Å². The van der Waals surface area contributed by atoms with Crippen molar-refractivity contribution in [2.75, 3.05) is 42.9 Å². The van der Waals surface area contributed by atoms with Crippen LogP contribution in [0.1, 0.15) is 42.5 Å². The molecule has 2 rings (SSSR count). The van der Waals surface area contributed by atoms with Gasteiger partial charge >= 0.3 is 0 Å². The molecule has 8 heteroatoms. The van der Waals surface area contributed by atoms with E-state index in [-0.39, 0.29) is 17.6 Å². The third-order valence-electron chi connectivity index (χ3n) is 4.79. The number of nitroso groups, excluding NO2 is 1. The third kappa shape index (κ3) is 5.27. The Labute approximate surface area is 157 Å². The number of amides is 1. The standard InChI is InChI=1S/C18H28N4O3S/c1-19-15-12-17(22(2)9-10-26(3)25)14(11-16(15)21-24)18(23)20-13-7-5-4-6-8-13/h11-13,19H,4-10H2,1-3H3,(H,20,23). The summed E-state index contributed by atoms with van der Waals surface area (Å²) in [6.45, 7) is 0.545. The quantitative estimate of drug-likeness (QED) is 0.677. The van der Waals surface area contributed by atoms with Gasteiger partial charge in [0.2, 0.25) is 0 Å². The highest BCUT2D eigenvalue weighted by atomic mass is 32.2. The summed E-state index contributed by atoms with van der Waals surface area (Å²) in [5.41, 5.74) is 1.89. The number of nitrogens with one attached hydrogen (secondary N) is 2. The Kier molecular flexibility index (Phi) is 7.56. The first-order chi connectivity index (χ1) is 12.5. The van der Waals surface area contributed by atoms with E-state index < -0.39 is 10.8 Å². The molecule has 7 nitrogen and oxygen atoms in total. The van der Waals surface area contributed by atoms with E-state index in [4.69, 9.17) is 0 Å². The lowest BCUT2D eigenvalue weighted by Crippen LogP contribution is -2.37. The lowest BCUT2D eigenvalue weighted by Gasteiger charge is -2.26. The second kappa shape index (κ2) is 9.66. The minimum atomic E-state index is -0.922. The van der Waals surface area contributed by atoms with E-state index in [0.29, 0.717) is 29.2 Å². The van der Waals surface area contributed by atoms with Gasteiger partial charge in [0, 0.05) is 49.5 Å². The van der Waals surface area contributed by atoms with Crippen LogP contribution >= 0.6 is 0 Å². The molecule has 1 aliphatic rings. The molecule has 1 atom stereocenters. The van der Waals surface area contributed by atoms with E-state index in [0.717, 1.165) is 25.7 Å². The van der Waals surface area contributed by atoms with Gasteiger partial charge in [-0.25, -0.2) is 0 Å². The molecule has 1 aromatic rings. The highest BCUT2D eigenvalue weighted by Gasteiger charge is 2.22. The highest BCUT2D eigenvalue weighted by Crippen LogP contribution is 2.33. The van der Waals surface area contributed by atoms with Crippen LogP contribution < -0.4 is 15.5 Å². The van der Waals surface area contributed by atoms with Crippen molar-refractivity contribution in [3.8, 4) is 0 Å². The van der Waals surface area contributed by atoms with E-state index in [1.54, 1.807) is 19.4 Å². The van der Waals surface area contributed by atoms with Crippen molar-refractivity contribution in [1.82, 2.24) is 5.32 Å². The molecule has 0 spiro atoms. The summed E-state index contributed by atoms with van der Waals surface area (Å²) in [4.78, 5) is 25.9. The monoisotopic (exact) mass is 380 g/mol. The fourth-order valence-corrected chi connectivity index (χ4v) is 3.78. The molecule has 1 aliphatic carbocycles. The second-order valence-corrected chi connectivity index (χ2v) is 8.29. The Balaban J connectivity index is 2.31. The van der Waals surface area contributed by atoms with Crippen LogP contribution in [0.5, 0.6) is 0 Å². The zero-order valence-corrected chi connectivity index (χ0v) is 16.5. The zero-order chi connectivity index (χ0) is 19.1. The van der Waals surface area contributed by atoms with Gasteiger partial charge in [0.15, 0.2) is 0 Å². The fraction of sp³-hybridized carbons (Fsp3) is 0.611. The number of hydrogen-bond donors (Lipinski definition) is 2. The summed E-state index contributed by atoms with van der Waals surface area (Å²) < 4.78 is 11.4. The van der Waals surface area contributed by atoms with Crippen LogP contribution in [-0.4, -0.2) is 48.8 Å². The number of carbonyl (C=O) groups excluding carboxylic acids is 1. The molecule has 144 valence electrons. The van der Waals surface area contributed by atoms with Gasteiger partial charge in [0.25, 0.3) is 5.91 Å². The topological polar surface area (TPSA) is 90.9 Å². The summed E-state index contributed by atoms with van der Waals surface area (Å²) in [7, 11) is 2.64. The van der Waals surface area contributed by atoms with Crippen LogP contribution in [0.2, 0.25) is 0 Å². The number of benzene rings is 1. The normalized spacial score (nSPS) is 16.0. The molecule has 2 N–H and O–H groups in total. The van der Waals surface area contributed by atoms with Crippen LogP contribution in [0.25, 0.3) is 0 Å². The highest BCUT2D eigenvalue weighted by molar-refractivity contribution is 7.84. The van der Waals surface area contributed by atoms with Crippen LogP contribution in [0.15, 0.2) is 17.3 Å². The summed E-state index contributed by atoms with van der Waals surface area (Å²) in [6, 6.07) is 3.46. The minimum Gasteiger partial charge on any atom is -0.386 e. The molecule has 0 heterocycles. The fourth-order valence-electron chi connectivity index (χ4n) is 3.25. The molecule has 1 saturated carbocycles. The summed E-state index contributed by atoms with van der Waals surface area (Å²) in [6.07, 6.45) is 7.09. The average molecular weight is 381 g/mol. The van der Waals surface area contributed by atoms with Crippen molar-refractivity contribution >= 4 is 33.8 Å². The average Bonchev–Trinajstić information content (AvgIpc) is 2.65. The van der Waals surface area contributed by atoms with Gasteiger partial charge in [-0.15, -0.1) is 4.91 Å². The molecular weight excluding hydrogens is 352 g/mol. The predicted octanol–water partition coefficient (Wildman–Crippen LogP) is 3.00. The Bertz CT molecular complexity index is 675. The van der Waals surface area contributed by atoms with Gasteiger partial charge in [-0.2, -0.15) is 0 Å². The van der Waals surface area contributed by atoms with Crippen molar-refractivity contribution in [2.45, 2.75) is 38.1 Å². The first-order valence-corrected chi connectivity index (χ1v) is 10.7. The van der Waals surface area contributed by atoms with E-state index in [2.05, 4.69) is 15.8 Å². The van der Waals surface area contributed by atoms with E-state index in [9.17, 15) is 13.9 Å². The van der Waals surface area contributed by atoms with Crippen LogP contribution in [0, 0.1) is 4.91 Å². The SMILES string of the molecule is CNc1cc(N(C)CCS(C)=O)c(C(=O)NC2CCCCC2)cc1N=O. The first kappa shape index (κ1) is 20.4. The van der Waals surface area contributed by atoms with Gasteiger partial charge in [0.05, 0.1) is 16.9 Å². The van der Waals surface area contributed by atoms with Crippen molar-refractivity contribution in [3.05, 3.63) is 22.6 Å². The Hall–Kier alpha value is -1.96. The van der Waals surface area contributed by atoms with Gasteiger partial charge in [-0.3, -0.25) is 9.00 Å². The number of hydrogen-bond acceptors (Lipinski definition) is 6. The summed E-state index contributed by atoms with van der Waals surface area (Å²) >= 11 is 0. The molecule has 1 aromatic carbocycles. The predicted molar refractivity (Wildman–Crippen MR) is 108 cm³/mol. The van der Waals surface area contributed by atoms with Crippen LogP contribution in [-0.2, 0) is 10.8 Å². The first-order valence-electron chi connectivity index (χ1n) is 8.97. The maximum atomic E-state index is 12.9. The molecule has 1 fully saturated rings. The lowest BCUT2D eigenvalue weighted by atomic mass is 9.95. The molecule has 0 aromatic heterocycles. The van der Waals surface area contributed by atoms with Gasteiger partial charge < -0.3 is 15.5 Å². The molecule has 1 unspecified atom stereocenters. The molecule has 0 bridgehead atoms. The lowest BCUT2D eigenvalue weighted by molar-refractivity contribution is 0.0928. The maximum Gasteiger partial charge on any atom is 0.253 e. The van der Waals surface area contributed by atoms with Gasteiger partial charge in [-0.1, -0.05) is 19.3 Å². The maximum absolute atomic E-state index is 12.9. The largest absolute Gasteiger partial charge is 0.386 e. The summed E-state index contributed by atoms with van der Waals surface area (Å²) in [5, 5.41) is 9.08. The molecular formula is C18H28N4O3S. The molecule has 1 amide bonds. The number of anilines is 2. The van der Waals surface area contributed by atoms with Crippen molar-refractivity contribution in [2.24, 2.45) is 5.18 Å². The van der Waals surface area contributed by atoms with E-state index >= 15 is 0 Å². The minimum absolute atomic E-state index is 0.175. The second-order valence-electron chi connectivity index (χ2n) is 6.74. The Morgan fingerprint density at radius 2 is 2.00 bits per heavy atom.